The summed E-state index contributed by atoms with van der Waals surface area (Å²) >= 11 is 0. The molecule has 1 N–H and O–H groups in total. The van der Waals surface area contributed by atoms with E-state index in [1.165, 1.54) is 18.2 Å². The molecule has 0 aliphatic heterocycles. The molecular weight excluding hydrogens is 384 g/mol. The number of nitro benzene ring substituents is 1. The number of anilines is 1. The van der Waals surface area contributed by atoms with Gasteiger partial charge in [0, 0.05) is 17.0 Å². The number of hydrogen-bond acceptors (Lipinski definition) is 6. The molecule has 0 bridgehead atoms. The molecule has 0 radical (unpaired) electrons. The van der Waals surface area contributed by atoms with Crippen molar-refractivity contribution in [3.05, 3.63) is 88.7 Å². The molecule has 0 saturated heterocycles. The topological polar surface area (TPSA) is 107 Å². The molecule has 1 amide bonds. The van der Waals surface area contributed by atoms with Crippen LogP contribution in [-0.2, 0) is 0 Å². The Morgan fingerprint density at radius 1 is 0.967 bits per heavy atom. The lowest BCUT2D eigenvalue weighted by Gasteiger charge is -2.10. The van der Waals surface area contributed by atoms with Gasteiger partial charge in [0.25, 0.3) is 11.6 Å². The average molecular weight is 400 g/mol. The molecule has 0 aliphatic carbocycles. The van der Waals surface area contributed by atoms with E-state index in [0.717, 1.165) is 10.9 Å². The Morgan fingerprint density at radius 3 is 2.40 bits per heavy atom. The van der Waals surface area contributed by atoms with Crippen LogP contribution in [-0.4, -0.2) is 27.9 Å². The van der Waals surface area contributed by atoms with Gasteiger partial charge in [0.15, 0.2) is 0 Å². The molecule has 4 rings (SSSR count). The van der Waals surface area contributed by atoms with Crippen molar-refractivity contribution in [2.24, 2.45) is 0 Å². The summed E-state index contributed by atoms with van der Waals surface area (Å²) in [6.07, 6.45) is 0. The number of rotatable bonds is 5. The monoisotopic (exact) mass is 400 g/mol. The van der Waals surface area contributed by atoms with E-state index in [1.807, 2.05) is 30.3 Å². The van der Waals surface area contributed by atoms with E-state index < -0.39 is 10.8 Å². The number of amides is 1. The number of para-hydroxylation sites is 3. The molecule has 0 atom stereocenters. The minimum atomic E-state index is -0.634. The van der Waals surface area contributed by atoms with E-state index >= 15 is 0 Å². The molecule has 1 aromatic heterocycles. The number of ether oxygens (including phenoxy) is 1. The minimum Gasteiger partial charge on any atom is -0.497 e. The fourth-order valence-electron chi connectivity index (χ4n) is 3.06. The van der Waals surface area contributed by atoms with Crippen LogP contribution in [0.25, 0.3) is 22.2 Å². The summed E-state index contributed by atoms with van der Waals surface area (Å²) in [7, 11) is 1.58. The van der Waals surface area contributed by atoms with Gasteiger partial charge in [-0.25, -0.2) is 9.97 Å². The number of nitrogens with one attached hydrogen (secondary N) is 1. The number of nitro groups is 1. The molecule has 8 heteroatoms. The lowest BCUT2D eigenvalue weighted by Crippen LogP contribution is -2.17. The van der Waals surface area contributed by atoms with Crippen LogP contribution in [0.15, 0.2) is 72.8 Å². The number of benzene rings is 3. The first-order chi connectivity index (χ1) is 14.6. The van der Waals surface area contributed by atoms with Crippen LogP contribution >= 0.6 is 0 Å². The highest BCUT2D eigenvalue weighted by molar-refractivity contribution is 6.05. The number of methoxy groups -OCH3 is 1. The second-order valence-electron chi connectivity index (χ2n) is 6.37. The van der Waals surface area contributed by atoms with E-state index in [1.54, 1.807) is 31.4 Å². The maximum atomic E-state index is 12.8. The lowest BCUT2D eigenvalue weighted by atomic mass is 10.1. The van der Waals surface area contributed by atoms with E-state index in [0.29, 0.717) is 17.0 Å². The van der Waals surface area contributed by atoms with E-state index in [9.17, 15) is 14.9 Å². The molecule has 0 aliphatic rings. The number of carbonyl (C=O) groups is 1. The Labute approximate surface area is 171 Å². The number of aromatic nitrogens is 2. The third-order valence-corrected chi connectivity index (χ3v) is 4.52. The van der Waals surface area contributed by atoms with E-state index in [2.05, 4.69) is 15.3 Å². The van der Waals surface area contributed by atoms with Gasteiger partial charge in [-0.15, -0.1) is 0 Å². The second kappa shape index (κ2) is 7.96. The molecule has 30 heavy (non-hydrogen) atoms. The standard InChI is InChI=1S/C22H16N4O4/c1-30-15-12-10-14(11-13-15)20-16-6-2-3-7-17(16)23-21(25-20)22(27)24-18-8-4-5-9-19(18)26(28)29/h2-13H,1H3,(H,24,27). The van der Waals surface area contributed by atoms with Crippen molar-refractivity contribution in [1.82, 2.24) is 9.97 Å². The molecule has 4 aromatic rings. The van der Waals surface area contributed by atoms with Gasteiger partial charge < -0.3 is 10.1 Å². The molecule has 0 saturated carbocycles. The van der Waals surface area contributed by atoms with Crippen molar-refractivity contribution in [2.45, 2.75) is 0 Å². The SMILES string of the molecule is COc1ccc(-c2nc(C(=O)Nc3ccccc3[N+](=O)[O-])nc3ccccc23)cc1. The van der Waals surface area contributed by atoms with Gasteiger partial charge in [-0.3, -0.25) is 14.9 Å². The highest BCUT2D eigenvalue weighted by Crippen LogP contribution is 2.28. The fraction of sp³-hybridized carbons (Fsp3) is 0.0455. The molecule has 8 nitrogen and oxygen atoms in total. The molecule has 0 spiro atoms. The van der Waals surface area contributed by atoms with Crippen LogP contribution in [0, 0.1) is 10.1 Å². The van der Waals surface area contributed by atoms with Crippen LogP contribution in [0.1, 0.15) is 10.6 Å². The van der Waals surface area contributed by atoms with Gasteiger partial charge >= 0.3 is 0 Å². The predicted octanol–water partition coefficient (Wildman–Crippen LogP) is 4.47. The van der Waals surface area contributed by atoms with Crippen molar-refractivity contribution in [3.8, 4) is 17.0 Å². The summed E-state index contributed by atoms with van der Waals surface area (Å²) in [4.78, 5) is 32.3. The van der Waals surface area contributed by atoms with Gasteiger partial charge in [-0.1, -0.05) is 30.3 Å². The predicted molar refractivity (Wildman–Crippen MR) is 113 cm³/mol. The molecule has 0 unspecified atom stereocenters. The Balaban J connectivity index is 1.78. The van der Waals surface area contributed by atoms with Gasteiger partial charge in [-0.2, -0.15) is 0 Å². The summed E-state index contributed by atoms with van der Waals surface area (Å²) in [5.74, 6) is -0.0195. The van der Waals surface area contributed by atoms with Crippen molar-refractivity contribution >= 4 is 28.2 Å². The third-order valence-electron chi connectivity index (χ3n) is 4.52. The molecule has 1 heterocycles. The minimum absolute atomic E-state index is 0.0789. The number of nitrogens with zero attached hydrogens (tertiary/aromatic N) is 3. The van der Waals surface area contributed by atoms with E-state index in [-0.39, 0.29) is 17.2 Å². The molecule has 3 aromatic carbocycles. The van der Waals surface area contributed by atoms with Crippen LogP contribution in [0.2, 0.25) is 0 Å². The zero-order valence-corrected chi connectivity index (χ0v) is 15.9. The molecule has 148 valence electrons. The van der Waals surface area contributed by atoms with Crippen LogP contribution in [0.4, 0.5) is 11.4 Å². The molecule has 0 fully saturated rings. The number of hydrogen-bond donors (Lipinski definition) is 1. The average Bonchev–Trinajstić information content (AvgIpc) is 2.78. The smallest absolute Gasteiger partial charge is 0.293 e. The summed E-state index contributed by atoms with van der Waals surface area (Å²) in [6.45, 7) is 0. The highest BCUT2D eigenvalue weighted by Gasteiger charge is 2.19. The first kappa shape index (κ1) is 19.0. The van der Waals surface area contributed by atoms with Crippen LogP contribution in [0.3, 0.4) is 0 Å². The van der Waals surface area contributed by atoms with Crippen LogP contribution in [0.5, 0.6) is 5.75 Å². The highest BCUT2D eigenvalue weighted by atomic mass is 16.6. The summed E-state index contributed by atoms with van der Waals surface area (Å²) < 4.78 is 5.20. The van der Waals surface area contributed by atoms with Crippen molar-refractivity contribution < 1.29 is 14.5 Å². The van der Waals surface area contributed by atoms with Gasteiger partial charge in [-0.05, 0) is 36.4 Å². The Bertz CT molecular complexity index is 1260. The number of carbonyl (C=O) groups excluding carboxylic acids is 1. The summed E-state index contributed by atoms with van der Waals surface area (Å²) in [6, 6.07) is 20.6. The Morgan fingerprint density at radius 2 is 1.67 bits per heavy atom. The summed E-state index contributed by atoms with van der Waals surface area (Å²) in [5.41, 5.74) is 1.83. The normalized spacial score (nSPS) is 10.6. The van der Waals surface area contributed by atoms with Crippen LogP contribution < -0.4 is 10.1 Å². The lowest BCUT2D eigenvalue weighted by molar-refractivity contribution is -0.383. The van der Waals surface area contributed by atoms with Gasteiger partial charge in [0.05, 0.1) is 23.2 Å². The Hall–Kier alpha value is -4.33. The van der Waals surface area contributed by atoms with E-state index in [4.69, 9.17) is 4.74 Å². The first-order valence-corrected chi connectivity index (χ1v) is 9.03. The maximum absolute atomic E-state index is 12.8. The third kappa shape index (κ3) is 3.66. The van der Waals surface area contributed by atoms with Crippen molar-refractivity contribution in [1.29, 1.82) is 0 Å². The fourth-order valence-corrected chi connectivity index (χ4v) is 3.06. The first-order valence-electron chi connectivity index (χ1n) is 9.03. The van der Waals surface area contributed by atoms with Gasteiger partial charge in [0.2, 0.25) is 5.82 Å². The largest absolute Gasteiger partial charge is 0.497 e. The molecular formula is C22H16N4O4. The quantitative estimate of drug-likeness (QED) is 0.391. The van der Waals surface area contributed by atoms with Crippen molar-refractivity contribution in [2.75, 3.05) is 12.4 Å². The maximum Gasteiger partial charge on any atom is 0.293 e. The van der Waals surface area contributed by atoms with Crippen molar-refractivity contribution in [3.63, 3.8) is 0 Å². The zero-order chi connectivity index (χ0) is 21.1. The van der Waals surface area contributed by atoms with Gasteiger partial charge in [0.1, 0.15) is 11.4 Å². The second-order valence-corrected chi connectivity index (χ2v) is 6.37. The number of fused-ring (bicyclic) bond motifs is 1. The zero-order valence-electron chi connectivity index (χ0n) is 15.9. The Kier molecular flexibility index (Phi) is 5.04. The summed E-state index contributed by atoms with van der Waals surface area (Å²) in [5, 5.41) is 14.5.